The van der Waals surface area contributed by atoms with Crippen molar-refractivity contribution in [2.24, 2.45) is 0 Å². The first-order valence-electron chi connectivity index (χ1n) is 6.43. The lowest BCUT2D eigenvalue weighted by molar-refractivity contribution is -0.135. The van der Waals surface area contributed by atoms with Gasteiger partial charge in [-0.15, -0.1) is 0 Å². The summed E-state index contributed by atoms with van der Waals surface area (Å²) in [4.78, 5) is 29.9. The molecule has 0 spiro atoms. The fraction of sp³-hybridized carbons (Fsp3) is 0.385. The summed E-state index contributed by atoms with van der Waals surface area (Å²) in [5.41, 5.74) is 1.94. The summed E-state index contributed by atoms with van der Waals surface area (Å²) in [5, 5.41) is 8.81. The van der Waals surface area contributed by atoms with Crippen LogP contribution < -0.4 is 0 Å². The molecular weight excluding hydrogens is 262 g/mol. The lowest BCUT2D eigenvalue weighted by Crippen LogP contribution is -2.51. The van der Waals surface area contributed by atoms with Crippen LogP contribution in [0.3, 0.4) is 0 Å². The second-order valence-electron chi connectivity index (χ2n) is 4.71. The van der Waals surface area contributed by atoms with Gasteiger partial charge in [-0.3, -0.25) is 9.59 Å². The highest BCUT2D eigenvalue weighted by molar-refractivity contribution is 5.97. The Hall–Kier alpha value is -2.28. The third-order valence-electron chi connectivity index (χ3n) is 3.53. The normalized spacial score (nSPS) is 15.8. The Bertz CT molecular complexity index is 608. The Morgan fingerprint density at radius 1 is 1.25 bits per heavy atom. The van der Waals surface area contributed by atoms with Crippen molar-refractivity contribution in [3.8, 4) is 0 Å². The quantitative estimate of drug-likeness (QED) is 0.811. The maximum atomic E-state index is 12.3. The molecule has 7 nitrogen and oxygen atoms in total. The highest BCUT2D eigenvalue weighted by Crippen LogP contribution is 2.17. The van der Waals surface area contributed by atoms with Gasteiger partial charge in [0.15, 0.2) is 5.58 Å². The maximum absolute atomic E-state index is 12.3. The van der Waals surface area contributed by atoms with Gasteiger partial charge in [-0.05, 0) is 0 Å². The van der Waals surface area contributed by atoms with E-state index in [-0.39, 0.29) is 11.8 Å². The second kappa shape index (κ2) is 5.01. The number of hydrogen-bond acceptors (Lipinski definition) is 4. The van der Waals surface area contributed by atoms with Gasteiger partial charge in [-0.25, -0.2) is 0 Å². The highest BCUT2D eigenvalue weighted by Gasteiger charge is 2.25. The second-order valence-corrected chi connectivity index (χ2v) is 4.71. The number of H-pyrrole nitrogens is 1. The number of rotatable bonds is 2. The highest BCUT2D eigenvalue weighted by atomic mass is 16.3. The molecule has 1 fully saturated rings. The molecule has 2 amide bonds. The Balaban J connectivity index is 1.67. The van der Waals surface area contributed by atoms with Crippen LogP contribution >= 0.6 is 0 Å². The van der Waals surface area contributed by atoms with Crippen molar-refractivity contribution in [2.45, 2.75) is 0 Å². The van der Waals surface area contributed by atoms with Gasteiger partial charge in [0, 0.05) is 38.3 Å². The molecule has 3 heterocycles. The molecule has 0 aromatic carbocycles. The van der Waals surface area contributed by atoms with E-state index in [4.69, 9.17) is 9.52 Å². The van der Waals surface area contributed by atoms with Gasteiger partial charge in [0.05, 0.1) is 11.8 Å². The van der Waals surface area contributed by atoms with Gasteiger partial charge in [0.25, 0.3) is 5.91 Å². The summed E-state index contributed by atoms with van der Waals surface area (Å²) in [5.74, 6) is -0.401. The fourth-order valence-electron chi connectivity index (χ4n) is 2.39. The predicted octanol–water partition coefficient (Wildman–Crippen LogP) is 0.0376. The number of amides is 2. The molecule has 20 heavy (non-hydrogen) atoms. The lowest BCUT2D eigenvalue weighted by Gasteiger charge is -2.34. The topological polar surface area (TPSA) is 89.8 Å². The minimum absolute atomic E-state index is 0.104. The molecule has 0 bridgehead atoms. The fourth-order valence-corrected chi connectivity index (χ4v) is 2.39. The third-order valence-corrected chi connectivity index (χ3v) is 3.53. The predicted molar refractivity (Wildman–Crippen MR) is 70.1 cm³/mol. The number of nitrogens with one attached hydrogen (secondary N) is 1. The monoisotopic (exact) mass is 277 g/mol. The van der Waals surface area contributed by atoms with Crippen LogP contribution in [-0.4, -0.2) is 64.5 Å². The van der Waals surface area contributed by atoms with Crippen molar-refractivity contribution in [3.63, 3.8) is 0 Å². The molecule has 2 aromatic heterocycles. The first-order valence-corrected chi connectivity index (χ1v) is 6.43. The number of furan rings is 1. The average Bonchev–Trinajstić information content (AvgIpc) is 3.07. The summed E-state index contributed by atoms with van der Waals surface area (Å²) in [6.45, 7) is 1.33. The van der Waals surface area contributed by atoms with Crippen molar-refractivity contribution in [3.05, 3.63) is 24.1 Å². The summed E-state index contributed by atoms with van der Waals surface area (Å²) in [6, 6.07) is 3.45. The minimum atomic E-state index is -0.485. The van der Waals surface area contributed by atoms with E-state index < -0.39 is 6.61 Å². The van der Waals surface area contributed by atoms with Crippen molar-refractivity contribution in [1.82, 2.24) is 14.8 Å². The van der Waals surface area contributed by atoms with Gasteiger partial charge >= 0.3 is 0 Å². The number of aliphatic hydroxyl groups excluding tert-OH is 1. The standard InChI is InChI=1S/C13H15N3O4/c17-8-12(18)15-2-4-16(5-3-15)13(19)10-7-11-9(14-10)1-6-20-11/h1,6-7,14,17H,2-5,8H2. The molecule has 1 aliphatic heterocycles. The Morgan fingerprint density at radius 2 is 1.95 bits per heavy atom. The van der Waals surface area contributed by atoms with Crippen LogP contribution in [0.1, 0.15) is 10.5 Å². The van der Waals surface area contributed by atoms with Crippen molar-refractivity contribution in [1.29, 1.82) is 0 Å². The van der Waals surface area contributed by atoms with E-state index >= 15 is 0 Å². The van der Waals surface area contributed by atoms with Gasteiger partial charge in [-0.2, -0.15) is 0 Å². The molecular formula is C13H15N3O4. The zero-order valence-corrected chi connectivity index (χ0v) is 10.8. The van der Waals surface area contributed by atoms with E-state index in [1.807, 2.05) is 0 Å². The summed E-state index contributed by atoms with van der Waals surface area (Å²) in [7, 11) is 0. The largest absolute Gasteiger partial charge is 0.463 e. The SMILES string of the molecule is O=C(CO)N1CCN(C(=O)c2cc3occc3[nH]2)CC1. The van der Waals surface area contributed by atoms with E-state index in [1.165, 1.54) is 0 Å². The molecule has 7 heteroatoms. The maximum Gasteiger partial charge on any atom is 0.270 e. The van der Waals surface area contributed by atoms with Crippen molar-refractivity contribution >= 4 is 22.9 Å². The number of aliphatic hydroxyl groups is 1. The van der Waals surface area contributed by atoms with E-state index in [9.17, 15) is 9.59 Å². The van der Waals surface area contributed by atoms with E-state index in [2.05, 4.69) is 4.98 Å². The number of fused-ring (bicyclic) bond motifs is 1. The van der Waals surface area contributed by atoms with Crippen LogP contribution in [0, 0.1) is 0 Å². The van der Waals surface area contributed by atoms with Crippen LogP contribution in [-0.2, 0) is 4.79 Å². The molecule has 0 unspecified atom stereocenters. The molecule has 1 saturated heterocycles. The summed E-state index contributed by atoms with van der Waals surface area (Å²) >= 11 is 0. The molecule has 0 aliphatic carbocycles. The van der Waals surface area contributed by atoms with Gasteiger partial charge < -0.3 is 24.3 Å². The molecule has 2 aromatic rings. The van der Waals surface area contributed by atoms with Crippen LogP contribution in [0.5, 0.6) is 0 Å². The number of nitrogens with zero attached hydrogens (tertiary/aromatic N) is 2. The Morgan fingerprint density at radius 3 is 2.60 bits per heavy atom. The number of aromatic nitrogens is 1. The van der Waals surface area contributed by atoms with E-state index in [0.29, 0.717) is 37.5 Å². The molecule has 1 aliphatic rings. The Labute approximate surface area is 114 Å². The number of carbonyl (C=O) groups excluding carboxylic acids is 2. The first kappa shape index (κ1) is 12.7. The lowest BCUT2D eigenvalue weighted by atomic mass is 10.2. The van der Waals surface area contributed by atoms with Gasteiger partial charge in [0.1, 0.15) is 12.3 Å². The molecule has 2 N–H and O–H groups in total. The average molecular weight is 277 g/mol. The number of carbonyl (C=O) groups is 2. The zero-order valence-electron chi connectivity index (χ0n) is 10.8. The van der Waals surface area contributed by atoms with Crippen molar-refractivity contribution in [2.75, 3.05) is 32.8 Å². The molecule has 0 saturated carbocycles. The number of piperazine rings is 1. The minimum Gasteiger partial charge on any atom is -0.463 e. The molecule has 0 atom stereocenters. The van der Waals surface area contributed by atoms with Gasteiger partial charge in [-0.1, -0.05) is 0 Å². The number of hydrogen-bond donors (Lipinski definition) is 2. The van der Waals surface area contributed by atoms with Crippen LogP contribution in [0.25, 0.3) is 11.1 Å². The third kappa shape index (κ3) is 2.16. The number of aromatic amines is 1. The molecule has 106 valence electrons. The summed E-state index contributed by atoms with van der Waals surface area (Å²) in [6.07, 6.45) is 1.56. The Kier molecular flexibility index (Phi) is 3.19. The molecule has 3 rings (SSSR count). The molecule has 0 radical (unpaired) electrons. The van der Waals surface area contributed by atoms with Crippen molar-refractivity contribution < 1.29 is 19.1 Å². The van der Waals surface area contributed by atoms with Crippen LogP contribution in [0.2, 0.25) is 0 Å². The zero-order chi connectivity index (χ0) is 14.1. The van der Waals surface area contributed by atoms with Gasteiger partial charge in [0.2, 0.25) is 5.91 Å². The van der Waals surface area contributed by atoms with E-state index in [1.54, 1.807) is 28.2 Å². The first-order chi connectivity index (χ1) is 9.69. The van der Waals surface area contributed by atoms with E-state index in [0.717, 1.165) is 5.52 Å². The van der Waals surface area contributed by atoms with Crippen LogP contribution in [0.15, 0.2) is 22.8 Å². The summed E-state index contributed by atoms with van der Waals surface area (Å²) < 4.78 is 5.22. The smallest absolute Gasteiger partial charge is 0.270 e. The van der Waals surface area contributed by atoms with Crippen LogP contribution in [0.4, 0.5) is 0 Å².